The lowest BCUT2D eigenvalue weighted by molar-refractivity contribution is -0.129. The zero-order chi connectivity index (χ0) is 13.7. The Morgan fingerprint density at radius 3 is 2.58 bits per heavy atom. The fourth-order valence-electron chi connectivity index (χ4n) is 1.72. The van der Waals surface area contributed by atoms with Crippen LogP contribution in [0.15, 0.2) is 59.1 Å². The van der Waals surface area contributed by atoms with Gasteiger partial charge in [0.2, 0.25) is 0 Å². The number of rotatable bonds is 4. The van der Waals surface area contributed by atoms with Crippen molar-refractivity contribution in [3.8, 4) is 0 Å². The molecule has 1 unspecified atom stereocenters. The maximum Gasteiger partial charge on any atom is 0.253 e. The summed E-state index contributed by atoms with van der Waals surface area (Å²) in [5.74, 6) is -0.397. The van der Waals surface area contributed by atoms with Gasteiger partial charge in [0.25, 0.3) is 5.91 Å². The molecule has 1 atom stereocenters. The molecule has 2 N–H and O–H groups in total. The van der Waals surface area contributed by atoms with E-state index in [1.165, 1.54) is 0 Å². The van der Waals surface area contributed by atoms with Gasteiger partial charge in [-0.25, -0.2) is 0 Å². The van der Waals surface area contributed by atoms with Crippen LogP contribution in [-0.4, -0.2) is 11.0 Å². The maximum atomic E-state index is 11.8. The number of aliphatic hydroxyl groups is 1. The molecule has 0 saturated carbocycles. The fraction of sp³-hybridized carbons (Fsp3) is 0.133. The second-order valence-electron chi connectivity index (χ2n) is 4.16. The Labute approximate surface area is 120 Å². The lowest BCUT2D eigenvalue weighted by Crippen LogP contribution is -2.28. The molecule has 1 amide bonds. The highest BCUT2D eigenvalue weighted by Gasteiger charge is 2.16. The molecule has 0 aromatic heterocycles. The summed E-state index contributed by atoms with van der Waals surface area (Å²) in [7, 11) is 0. The van der Waals surface area contributed by atoms with Gasteiger partial charge < -0.3 is 10.4 Å². The van der Waals surface area contributed by atoms with Crippen molar-refractivity contribution in [1.29, 1.82) is 0 Å². The van der Waals surface area contributed by atoms with Gasteiger partial charge in [-0.1, -0.05) is 58.4 Å². The summed E-state index contributed by atoms with van der Waals surface area (Å²) in [4.78, 5) is 11.8. The van der Waals surface area contributed by atoms with Crippen LogP contribution in [0, 0.1) is 0 Å². The molecule has 0 aliphatic rings. The average molecular weight is 320 g/mol. The molecule has 2 rings (SSSR count). The largest absolute Gasteiger partial charge is 0.378 e. The Hall–Kier alpha value is -1.65. The van der Waals surface area contributed by atoms with Crippen LogP contribution >= 0.6 is 15.9 Å². The molecule has 0 heterocycles. The van der Waals surface area contributed by atoms with E-state index in [4.69, 9.17) is 0 Å². The minimum absolute atomic E-state index is 0.391. The second-order valence-corrected chi connectivity index (χ2v) is 5.08. The summed E-state index contributed by atoms with van der Waals surface area (Å²) >= 11 is 3.37. The quantitative estimate of drug-likeness (QED) is 0.910. The number of carbonyl (C=O) groups is 1. The van der Waals surface area contributed by atoms with Gasteiger partial charge in [-0.15, -0.1) is 0 Å². The summed E-state index contributed by atoms with van der Waals surface area (Å²) in [5, 5.41) is 12.6. The second kappa shape index (κ2) is 6.50. The van der Waals surface area contributed by atoms with Crippen molar-refractivity contribution in [1.82, 2.24) is 5.32 Å². The van der Waals surface area contributed by atoms with Crippen LogP contribution in [0.3, 0.4) is 0 Å². The Balaban J connectivity index is 1.95. The first-order chi connectivity index (χ1) is 9.16. The lowest BCUT2D eigenvalue weighted by atomic mass is 10.1. The third kappa shape index (κ3) is 3.91. The summed E-state index contributed by atoms with van der Waals surface area (Å²) in [5.41, 5.74) is 1.57. The van der Waals surface area contributed by atoms with Gasteiger partial charge in [-0.3, -0.25) is 4.79 Å². The van der Waals surface area contributed by atoms with Crippen molar-refractivity contribution in [2.45, 2.75) is 12.6 Å². The highest BCUT2D eigenvalue weighted by Crippen LogP contribution is 2.14. The molecule has 98 valence electrons. The number of hydrogen-bond acceptors (Lipinski definition) is 2. The van der Waals surface area contributed by atoms with Gasteiger partial charge in [0.15, 0.2) is 6.10 Å². The van der Waals surface area contributed by atoms with E-state index >= 15 is 0 Å². The van der Waals surface area contributed by atoms with Crippen LogP contribution in [0.2, 0.25) is 0 Å². The van der Waals surface area contributed by atoms with Crippen molar-refractivity contribution in [3.05, 3.63) is 70.2 Å². The van der Waals surface area contributed by atoms with E-state index in [0.29, 0.717) is 12.1 Å². The highest BCUT2D eigenvalue weighted by molar-refractivity contribution is 9.10. The molecule has 19 heavy (non-hydrogen) atoms. The topological polar surface area (TPSA) is 49.3 Å². The van der Waals surface area contributed by atoms with Crippen molar-refractivity contribution < 1.29 is 9.90 Å². The Morgan fingerprint density at radius 1 is 1.16 bits per heavy atom. The van der Waals surface area contributed by atoms with Crippen LogP contribution in [0.5, 0.6) is 0 Å². The summed E-state index contributed by atoms with van der Waals surface area (Å²) in [6, 6.07) is 16.5. The zero-order valence-corrected chi connectivity index (χ0v) is 11.8. The Morgan fingerprint density at radius 2 is 1.89 bits per heavy atom. The van der Waals surface area contributed by atoms with Gasteiger partial charge in [-0.05, 0) is 23.3 Å². The van der Waals surface area contributed by atoms with Crippen LogP contribution in [0.4, 0.5) is 0 Å². The third-order valence-electron chi connectivity index (χ3n) is 2.72. The molecule has 3 nitrogen and oxygen atoms in total. The van der Waals surface area contributed by atoms with E-state index in [1.807, 2.05) is 30.3 Å². The van der Waals surface area contributed by atoms with Gasteiger partial charge in [-0.2, -0.15) is 0 Å². The van der Waals surface area contributed by atoms with E-state index < -0.39 is 12.0 Å². The monoisotopic (exact) mass is 319 g/mol. The number of amides is 1. The normalized spacial score (nSPS) is 11.9. The molecular weight excluding hydrogens is 306 g/mol. The zero-order valence-electron chi connectivity index (χ0n) is 10.2. The van der Waals surface area contributed by atoms with Crippen LogP contribution < -0.4 is 5.32 Å². The van der Waals surface area contributed by atoms with Crippen LogP contribution in [0.1, 0.15) is 17.2 Å². The molecule has 2 aromatic rings. The van der Waals surface area contributed by atoms with E-state index in [-0.39, 0.29) is 0 Å². The number of benzene rings is 2. The molecule has 0 radical (unpaired) electrons. The molecule has 0 bridgehead atoms. The Kier molecular flexibility index (Phi) is 4.71. The molecule has 0 aliphatic heterocycles. The van der Waals surface area contributed by atoms with E-state index in [2.05, 4.69) is 21.2 Å². The van der Waals surface area contributed by atoms with Gasteiger partial charge >= 0.3 is 0 Å². The first-order valence-electron chi connectivity index (χ1n) is 5.92. The van der Waals surface area contributed by atoms with E-state index in [0.717, 1.165) is 10.0 Å². The molecular formula is C15H14BrNO2. The summed E-state index contributed by atoms with van der Waals surface area (Å²) in [6.45, 7) is 0.391. The lowest BCUT2D eigenvalue weighted by Gasteiger charge is -2.11. The first-order valence-corrected chi connectivity index (χ1v) is 6.71. The van der Waals surface area contributed by atoms with Crippen molar-refractivity contribution >= 4 is 21.8 Å². The molecule has 0 saturated heterocycles. The number of nitrogens with one attached hydrogen (secondary N) is 1. The van der Waals surface area contributed by atoms with Crippen molar-refractivity contribution in [3.63, 3.8) is 0 Å². The SMILES string of the molecule is O=C(NCc1cccc(Br)c1)C(O)c1ccccc1. The first kappa shape index (κ1) is 13.8. The molecule has 0 aliphatic carbocycles. The molecule has 0 fully saturated rings. The molecule has 2 aromatic carbocycles. The minimum Gasteiger partial charge on any atom is -0.378 e. The molecule has 4 heteroatoms. The smallest absolute Gasteiger partial charge is 0.253 e. The minimum atomic E-state index is -1.13. The van der Waals surface area contributed by atoms with Crippen LogP contribution in [0.25, 0.3) is 0 Å². The predicted molar refractivity (Wildman–Crippen MR) is 77.4 cm³/mol. The van der Waals surface area contributed by atoms with E-state index in [1.54, 1.807) is 24.3 Å². The summed E-state index contributed by atoms with van der Waals surface area (Å²) in [6.07, 6.45) is -1.13. The molecule has 0 spiro atoms. The highest BCUT2D eigenvalue weighted by atomic mass is 79.9. The van der Waals surface area contributed by atoms with Gasteiger partial charge in [0, 0.05) is 11.0 Å². The fourth-order valence-corrected chi connectivity index (χ4v) is 2.17. The van der Waals surface area contributed by atoms with Gasteiger partial charge in [0.1, 0.15) is 0 Å². The van der Waals surface area contributed by atoms with Crippen molar-refractivity contribution in [2.75, 3.05) is 0 Å². The number of carbonyl (C=O) groups excluding carboxylic acids is 1. The number of aliphatic hydroxyl groups excluding tert-OH is 1. The van der Waals surface area contributed by atoms with E-state index in [9.17, 15) is 9.90 Å². The van der Waals surface area contributed by atoms with Crippen molar-refractivity contribution in [2.24, 2.45) is 0 Å². The summed E-state index contributed by atoms with van der Waals surface area (Å²) < 4.78 is 0.961. The van der Waals surface area contributed by atoms with Crippen LogP contribution in [-0.2, 0) is 11.3 Å². The number of halogens is 1. The number of hydrogen-bond donors (Lipinski definition) is 2. The predicted octanol–water partition coefficient (Wildman–Crippen LogP) is 2.80. The van der Waals surface area contributed by atoms with Gasteiger partial charge in [0.05, 0.1) is 0 Å². The average Bonchev–Trinajstić information content (AvgIpc) is 2.45. The maximum absolute atomic E-state index is 11.8. The third-order valence-corrected chi connectivity index (χ3v) is 3.21. The Bertz CT molecular complexity index is 557. The standard InChI is InChI=1S/C15H14BrNO2/c16-13-8-4-5-11(9-13)10-17-15(19)14(18)12-6-2-1-3-7-12/h1-9,14,18H,10H2,(H,17,19).